The third-order valence-electron chi connectivity index (χ3n) is 2.36. The highest BCUT2D eigenvalue weighted by molar-refractivity contribution is 6.13. The first kappa shape index (κ1) is 9.92. The Labute approximate surface area is 76.8 Å². The molecule has 1 aliphatic heterocycles. The van der Waals surface area contributed by atoms with Crippen LogP contribution >= 0.6 is 0 Å². The molecular formula is C9H13NO3. The summed E-state index contributed by atoms with van der Waals surface area (Å²) in [6.45, 7) is 3.52. The van der Waals surface area contributed by atoms with Gasteiger partial charge in [0.2, 0.25) is 0 Å². The minimum Gasteiger partial charge on any atom is -0.396 e. The van der Waals surface area contributed by atoms with Crippen molar-refractivity contribution in [1.82, 2.24) is 4.90 Å². The average Bonchev–Trinajstić information content (AvgIpc) is 2.44. The number of aliphatic hydroxyl groups is 1. The van der Waals surface area contributed by atoms with Crippen LogP contribution in [0.1, 0.15) is 13.8 Å². The number of hydrogen-bond donors (Lipinski definition) is 1. The Balaban J connectivity index is 2.72. The zero-order valence-electron chi connectivity index (χ0n) is 7.73. The second-order valence-electron chi connectivity index (χ2n) is 3.28. The van der Waals surface area contributed by atoms with E-state index in [2.05, 4.69) is 0 Å². The smallest absolute Gasteiger partial charge is 0.253 e. The van der Waals surface area contributed by atoms with E-state index in [0.717, 1.165) is 0 Å². The number of imide groups is 1. The average molecular weight is 183 g/mol. The molecule has 2 unspecified atom stereocenters. The molecule has 72 valence electrons. The Morgan fingerprint density at radius 2 is 1.77 bits per heavy atom. The summed E-state index contributed by atoms with van der Waals surface area (Å²) < 4.78 is 0. The van der Waals surface area contributed by atoms with Gasteiger partial charge in [-0.25, -0.2) is 0 Å². The van der Waals surface area contributed by atoms with Crippen LogP contribution in [0, 0.1) is 5.92 Å². The third kappa shape index (κ3) is 1.78. The van der Waals surface area contributed by atoms with E-state index in [-0.39, 0.29) is 30.4 Å². The molecule has 0 bridgehead atoms. The number of amides is 2. The maximum Gasteiger partial charge on any atom is 0.253 e. The summed E-state index contributed by atoms with van der Waals surface area (Å²) in [5.74, 6) is -0.677. The highest BCUT2D eigenvalue weighted by atomic mass is 16.3. The molecule has 1 heterocycles. The molecule has 2 atom stereocenters. The highest BCUT2D eigenvalue weighted by Crippen LogP contribution is 2.15. The Bertz CT molecular complexity index is 242. The lowest BCUT2D eigenvalue weighted by Crippen LogP contribution is -2.42. The third-order valence-corrected chi connectivity index (χ3v) is 2.36. The van der Waals surface area contributed by atoms with E-state index in [1.54, 1.807) is 13.8 Å². The second kappa shape index (κ2) is 3.70. The van der Waals surface area contributed by atoms with Crippen molar-refractivity contribution >= 4 is 11.8 Å². The fraction of sp³-hybridized carbons (Fsp3) is 0.556. The fourth-order valence-electron chi connectivity index (χ4n) is 1.22. The van der Waals surface area contributed by atoms with Gasteiger partial charge < -0.3 is 5.11 Å². The maximum atomic E-state index is 11.2. The predicted molar refractivity (Wildman–Crippen MR) is 46.7 cm³/mol. The van der Waals surface area contributed by atoms with E-state index in [1.165, 1.54) is 17.1 Å². The lowest BCUT2D eigenvalue weighted by Gasteiger charge is -2.26. The fourth-order valence-corrected chi connectivity index (χ4v) is 1.22. The van der Waals surface area contributed by atoms with Crippen molar-refractivity contribution in [1.29, 1.82) is 0 Å². The quantitative estimate of drug-likeness (QED) is 0.623. The first-order valence-electron chi connectivity index (χ1n) is 4.24. The molecule has 0 radical (unpaired) electrons. The zero-order valence-corrected chi connectivity index (χ0v) is 7.73. The van der Waals surface area contributed by atoms with Gasteiger partial charge in [0.25, 0.3) is 11.8 Å². The highest BCUT2D eigenvalue weighted by Gasteiger charge is 2.30. The molecule has 0 saturated heterocycles. The standard InChI is InChI=1S/C9H13NO3/c1-6(5-11)7(2)10-8(12)3-4-9(10)13/h3-4,6-7,11H,5H2,1-2H3. The maximum absolute atomic E-state index is 11.2. The first-order chi connectivity index (χ1) is 6.07. The molecule has 0 aromatic carbocycles. The molecule has 0 fully saturated rings. The lowest BCUT2D eigenvalue weighted by atomic mass is 10.0. The van der Waals surface area contributed by atoms with Crippen LogP contribution in [-0.4, -0.2) is 34.5 Å². The van der Waals surface area contributed by atoms with E-state index >= 15 is 0 Å². The molecule has 0 aliphatic carbocycles. The molecule has 2 amide bonds. The van der Waals surface area contributed by atoms with Crippen LogP contribution in [-0.2, 0) is 9.59 Å². The summed E-state index contributed by atoms with van der Waals surface area (Å²) in [5, 5.41) is 8.87. The number of aliphatic hydroxyl groups excluding tert-OH is 1. The Morgan fingerprint density at radius 3 is 2.15 bits per heavy atom. The Morgan fingerprint density at radius 1 is 1.31 bits per heavy atom. The van der Waals surface area contributed by atoms with Crippen molar-refractivity contribution in [2.24, 2.45) is 5.92 Å². The predicted octanol–water partition coefficient (Wildman–Crippen LogP) is -0.0717. The Hall–Kier alpha value is -1.16. The van der Waals surface area contributed by atoms with Crippen molar-refractivity contribution in [2.45, 2.75) is 19.9 Å². The van der Waals surface area contributed by atoms with E-state index < -0.39 is 0 Å². The molecule has 0 saturated carbocycles. The van der Waals surface area contributed by atoms with Crippen molar-refractivity contribution in [3.05, 3.63) is 12.2 Å². The van der Waals surface area contributed by atoms with Gasteiger partial charge in [-0.1, -0.05) is 6.92 Å². The molecular weight excluding hydrogens is 170 g/mol. The van der Waals surface area contributed by atoms with Crippen molar-refractivity contribution in [3.8, 4) is 0 Å². The molecule has 1 rings (SSSR count). The molecule has 13 heavy (non-hydrogen) atoms. The molecule has 0 spiro atoms. The van der Waals surface area contributed by atoms with Gasteiger partial charge in [-0.3, -0.25) is 14.5 Å². The van der Waals surface area contributed by atoms with Crippen LogP contribution in [0.25, 0.3) is 0 Å². The van der Waals surface area contributed by atoms with Crippen LogP contribution in [0.4, 0.5) is 0 Å². The van der Waals surface area contributed by atoms with Crippen LogP contribution in [0.5, 0.6) is 0 Å². The number of carbonyl (C=O) groups excluding carboxylic acids is 2. The lowest BCUT2D eigenvalue weighted by molar-refractivity contribution is -0.140. The van der Waals surface area contributed by atoms with Crippen molar-refractivity contribution in [2.75, 3.05) is 6.61 Å². The van der Waals surface area contributed by atoms with Gasteiger partial charge in [0.05, 0.1) is 0 Å². The van der Waals surface area contributed by atoms with E-state index in [4.69, 9.17) is 5.11 Å². The van der Waals surface area contributed by atoms with Gasteiger partial charge in [0.1, 0.15) is 0 Å². The summed E-state index contributed by atoms with van der Waals surface area (Å²) >= 11 is 0. The van der Waals surface area contributed by atoms with Crippen molar-refractivity contribution in [3.63, 3.8) is 0 Å². The summed E-state index contributed by atoms with van der Waals surface area (Å²) in [7, 11) is 0. The van der Waals surface area contributed by atoms with Gasteiger partial charge in [0.15, 0.2) is 0 Å². The minimum atomic E-state index is -0.294. The van der Waals surface area contributed by atoms with E-state index in [0.29, 0.717) is 0 Å². The number of carbonyl (C=O) groups is 2. The normalized spacial score (nSPS) is 21.0. The largest absolute Gasteiger partial charge is 0.396 e. The van der Waals surface area contributed by atoms with Gasteiger partial charge in [-0.2, -0.15) is 0 Å². The topological polar surface area (TPSA) is 57.6 Å². The second-order valence-corrected chi connectivity index (χ2v) is 3.28. The van der Waals surface area contributed by atoms with Gasteiger partial charge >= 0.3 is 0 Å². The summed E-state index contributed by atoms with van der Waals surface area (Å²) in [6.07, 6.45) is 2.51. The SMILES string of the molecule is CC(CO)C(C)N1C(=O)C=CC1=O. The molecule has 0 aromatic heterocycles. The van der Waals surface area contributed by atoms with Crippen molar-refractivity contribution < 1.29 is 14.7 Å². The molecule has 4 heteroatoms. The molecule has 1 N–H and O–H groups in total. The summed E-state index contributed by atoms with van der Waals surface area (Å²) in [5.41, 5.74) is 0. The Kier molecular flexibility index (Phi) is 2.83. The number of rotatable bonds is 3. The zero-order chi connectivity index (χ0) is 10.0. The van der Waals surface area contributed by atoms with Crippen LogP contribution in [0.2, 0.25) is 0 Å². The van der Waals surface area contributed by atoms with E-state index in [1.807, 2.05) is 0 Å². The summed E-state index contributed by atoms with van der Waals surface area (Å²) in [6, 6.07) is -0.250. The van der Waals surface area contributed by atoms with Gasteiger partial charge in [-0.05, 0) is 12.8 Å². The van der Waals surface area contributed by atoms with Gasteiger partial charge in [-0.15, -0.1) is 0 Å². The minimum absolute atomic E-state index is 0.0295. The van der Waals surface area contributed by atoms with Gasteiger partial charge in [0, 0.05) is 24.8 Å². The van der Waals surface area contributed by atoms with Crippen LogP contribution in [0.3, 0.4) is 0 Å². The first-order valence-corrected chi connectivity index (χ1v) is 4.24. The number of nitrogens with zero attached hydrogens (tertiary/aromatic N) is 1. The van der Waals surface area contributed by atoms with E-state index in [9.17, 15) is 9.59 Å². The summed E-state index contributed by atoms with van der Waals surface area (Å²) in [4.78, 5) is 23.5. The van der Waals surface area contributed by atoms with Crippen LogP contribution < -0.4 is 0 Å². The molecule has 1 aliphatic rings. The monoisotopic (exact) mass is 183 g/mol. The molecule has 0 aromatic rings. The van der Waals surface area contributed by atoms with Crippen LogP contribution in [0.15, 0.2) is 12.2 Å². The number of hydrogen-bond acceptors (Lipinski definition) is 3. The molecule has 4 nitrogen and oxygen atoms in total.